The summed E-state index contributed by atoms with van der Waals surface area (Å²) in [6.07, 6.45) is 1.49. The predicted octanol–water partition coefficient (Wildman–Crippen LogP) is 3.30. The van der Waals surface area contributed by atoms with Gasteiger partial charge in [0.05, 0.1) is 16.0 Å². The zero-order chi connectivity index (χ0) is 14.8. The quantitative estimate of drug-likeness (QED) is 0.345. The summed E-state index contributed by atoms with van der Waals surface area (Å²) in [4.78, 5) is 25.2. The molecule has 0 unspecified atom stereocenters. The number of aromatic nitrogens is 1. The molecule has 0 fully saturated rings. The number of fused-ring (bicyclic) bond motifs is 1. The van der Waals surface area contributed by atoms with Crippen LogP contribution in [0.1, 0.15) is 10.4 Å². The van der Waals surface area contributed by atoms with Gasteiger partial charge in [0.15, 0.2) is 0 Å². The fraction of sp³-hybridized carbons (Fsp3) is 0. The van der Waals surface area contributed by atoms with Gasteiger partial charge in [-0.15, -0.1) is 0 Å². The second kappa shape index (κ2) is 5.09. The highest BCUT2D eigenvalue weighted by molar-refractivity contribution is 6.05. The lowest BCUT2D eigenvalue weighted by atomic mass is 10.1. The molecule has 6 heteroatoms. The lowest BCUT2D eigenvalue weighted by Crippen LogP contribution is -2.07. The summed E-state index contributed by atoms with van der Waals surface area (Å²) in [7, 11) is 0. The van der Waals surface area contributed by atoms with E-state index in [0.29, 0.717) is 22.2 Å². The number of ether oxygens (including phenoxy) is 1. The molecule has 3 aromatic rings. The molecule has 1 aromatic heterocycles. The SMILES string of the molecule is O=C(Oc1ccccc1)c1c[nH]c2cc([N+](=O)[O-])ccc12. The Morgan fingerprint density at radius 1 is 1.14 bits per heavy atom. The molecule has 0 aliphatic rings. The van der Waals surface area contributed by atoms with Gasteiger partial charge in [-0.2, -0.15) is 0 Å². The number of para-hydroxylation sites is 1. The third-order valence-corrected chi connectivity index (χ3v) is 3.05. The van der Waals surface area contributed by atoms with Crippen LogP contribution in [0.3, 0.4) is 0 Å². The van der Waals surface area contributed by atoms with Crippen LogP contribution in [0, 0.1) is 10.1 Å². The Kier molecular flexibility index (Phi) is 3.12. The smallest absolute Gasteiger partial charge is 0.345 e. The lowest BCUT2D eigenvalue weighted by molar-refractivity contribution is -0.384. The van der Waals surface area contributed by atoms with E-state index in [2.05, 4.69) is 4.98 Å². The molecule has 0 aliphatic heterocycles. The first-order valence-corrected chi connectivity index (χ1v) is 6.18. The van der Waals surface area contributed by atoms with Crippen molar-refractivity contribution in [2.75, 3.05) is 0 Å². The lowest BCUT2D eigenvalue weighted by Gasteiger charge is -2.02. The average molecular weight is 282 g/mol. The Morgan fingerprint density at radius 3 is 2.62 bits per heavy atom. The Morgan fingerprint density at radius 2 is 1.90 bits per heavy atom. The normalized spacial score (nSPS) is 10.5. The van der Waals surface area contributed by atoms with Gasteiger partial charge in [-0.25, -0.2) is 4.79 Å². The van der Waals surface area contributed by atoms with E-state index in [1.54, 1.807) is 24.3 Å². The Balaban J connectivity index is 1.94. The van der Waals surface area contributed by atoms with E-state index in [0.717, 1.165) is 0 Å². The molecule has 0 aliphatic carbocycles. The summed E-state index contributed by atoms with van der Waals surface area (Å²) in [6.45, 7) is 0. The number of hydrogen-bond acceptors (Lipinski definition) is 4. The van der Waals surface area contributed by atoms with Gasteiger partial charge < -0.3 is 9.72 Å². The summed E-state index contributed by atoms with van der Waals surface area (Å²) in [5, 5.41) is 11.3. The van der Waals surface area contributed by atoms with Crippen molar-refractivity contribution in [1.82, 2.24) is 4.98 Å². The number of H-pyrrole nitrogens is 1. The van der Waals surface area contributed by atoms with Crippen LogP contribution in [0.2, 0.25) is 0 Å². The van der Waals surface area contributed by atoms with E-state index >= 15 is 0 Å². The molecule has 0 atom stereocenters. The zero-order valence-corrected chi connectivity index (χ0v) is 10.8. The standard InChI is InChI=1S/C15H10N2O4/c18-15(21-11-4-2-1-3-5-11)13-9-16-14-8-10(17(19)20)6-7-12(13)14/h1-9,16H. The van der Waals surface area contributed by atoms with Gasteiger partial charge in [-0.05, 0) is 18.2 Å². The first-order valence-electron chi connectivity index (χ1n) is 6.18. The number of nitrogens with zero attached hydrogens (tertiary/aromatic N) is 1. The molecule has 104 valence electrons. The number of rotatable bonds is 3. The van der Waals surface area contributed by atoms with Crippen LogP contribution >= 0.6 is 0 Å². The van der Waals surface area contributed by atoms with Crippen LogP contribution in [0.4, 0.5) is 5.69 Å². The number of nitro benzene ring substituents is 1. The van der Waals surface area contributed by atoms with Crippen LogP contribution in [0.5, 0.6) is 5.75 Å². The largest absolute Gasteiger partial charge is 0.423 e. The molecule has 0 radical (unpaired) electrons. The number of aromatic amines is 1. The van der Waals surface area contributed by atoms with Gasteiger partial charge >= 0.3 is 5.97 Å². The van der Waals surface area contributed by atoms with E-state index in [1.807, 2.05) is 6.07 Å². The highest BCUT2D eigenvalue weighted by Crippen LogP contribution is 2.24. The number of non-ortho nitro benzene ring substituents is 1. The minimum absolute atomic E-state index is 0.0349. The van der Waals surface area contributed by atoms with E-state index in [-0.39, 0.29) is 5.69 Å². The minimum Gasteiger partial charge on any atom is -0.423 e. The van der Waals surface area contributed by atoms with Gasteiger partial charge in [-0.3, -0.25) is 10.1 Å². The van der Waals surface area contributed by atoms with Crippen molar-refractivity contribution in [3.05, 3.63) is 70.4 Å². The van der Waals surface area contributed by atoms with Crippen molar-refractivity contribution in [2.24, 2.45) is 0 Å². The molecule has 0 bridgehead atoms. The predicted molar refractivity (Wildman–Crippen MR) is 76.4 cm³/mol. The van der Waals surface area contributed by atoms with E-state index in [9.17, 15) is 14.9 Å². The van der Waals surface area contributed by atoms with Crippen molar-refractivity contribution in [3.8, 4) is 5.75 Å². The van der Waals surface area contributed by atoms with Gasteiger partial charge in [0.25, 0.3) is 5.69 Å². The zero-order valence-electron chi connectivity index (χ0n) is 10.8. The molecule has 0 amide bonds. The highest BCUT2D eigenvalue weighted by Gasteiger charge is 2.16. The number of carbonyl (C=O) groups is 1. The van der Waals surface area contributed by atoms with Crippen molar-refractivity contribution >= 4 is 22.6 Å². The number of nitro groups is 1. The van der Waals surface area contributed by atoms with Crippen LogP contribution < -0.4 is 4.74 Å². The van der Waals surface area contributed by atoms with Crippen LogP contribution in [-0.4, -0.2) is 15.9 Å². The Labute approximate surface area is 119 Å². The topological polar surface area (TPSA) is 85.2 Å². The molecule has 1 heterocycles. The third-order valence-electron chi connectivity index (χ3n) is 3.05. The first-order chi connectivity index (χ1) is 10.1. The summed E-state index contributed by atoms with van der Waals surface area (Å²) in [5.74, 6) is -0.0694. The van der Waals surface area contributed by atoms with Gasteiger partial charge in [0.2, 0.25) is 0 Å². The van der Waals surface area contributed by atoms with Crippen molar-refractivity contribution < 1.29 is 14.5 Å². The Bertz CT molecular complexity index is 824. The second-order valence-electron chi connectivity index (χ2n) is 4.39. The molecular weight excluding hydrogens is 272 g/mol. The van der Waals surface area contributed by atoms with Crippen molar-refractivity contribution in [3.63, 3.8) is 0 Å². The molecule has 6 nitrogen and oxygen atoms in total. The third kappa shape index (κ3) is 2.46. The maximum Gasteiger partial charge on any atom is 0.345 e. The molecule has 1 N–H and O–H groups in total. The summed E-state index contributed by atoms with van der Waals surface area (Å²) >= 11 is 0. The summed E-state index contributed by atoms with van der Waals surface area (Å²) in [6, 6.07) is 13.0. The van der Waals surface area contributed by atoms with E-state index < -0.39 is 10.9 Å². The van der Waals surface area contributed by atoms with Crippen molar-refractivity contribution in [2.45, 2.75) is 0 Å². The molecule has 0 saturated carbocycles. The van der Waals surface area contributed by atoms with E-state index in [4.69, 9.17) is 4.74 Å². The van der Waals surface area contributed by atoms with Gasteiger partial charge in [0.1, 0.15) is 5.75 Å². The fourth-order valence-corrected chi connectivity index (χ4v) is 2.05. The van der Waals surface area contributed by atoms with Gasteiger partial charge in [0, 0.05) is 23.7 Å². The van der Waals surface area contributed by atoms with Gasteiger partial charge in [-0.1, -0.05) is 18.2 Å². The molecular formula is C15H10N2O4. The molecule has 0 spiro atoms. The molecule has 3 rings (SSSR count). The van der Waals surface area contributed by atoms with Crippen LogP contribution in [0.25, 0.3) is 10.9 Å². The minimum atomic E-state index is -0.513. The number of benzene rings is 2. The van der Waals surface area contributed by atoms with Crippen LogP contribution in [-0.2, 0) is 0 Å². The number of esters is 1. The van der Waals surface area contributed by atoms with Crippen LogP contribution in [0.15, 0.2) is 54.7 Å². The maximum atomic E-state index is 12.1. The molecule has 0 saturated heterocycles. The summed E-state index contributed by atoms with van der Waals surface area (Å²) in [5.41, 5.74) is 0.820. The summed E-state index contributed by atoms with van der Waals surface area (Å²) < 4.78 is 5.25. The number of carbonyl (C=O) groups excluding carboxylic acids is 1. The first kappa shape index (κ1) is 12.9. The molecule has 2 aromatic carbocycles. The monoisotopic (exact) mass is 282 g/mol. The Hall–Kier alpha value is -3.15. The second-order valence-corrected chi connectivity index (χ2v) is 4.39. The van der Waals surface area contributed by atoms with E-state index in [1.165, 1.54) is 24.4 Å². The van der Waals surface area contributed by atoms with Crippen molar-refractivity contribution in [1.29, 1.82) is 0 Å². The number of hydrogen-bond donors (Lipinski definition) is 1. The number of nitrogens with one attached hydrogen (secondary N) is 1. The fourth-order valence-electron chi connectivity index (χ4n) is 2.05. The highest BCUT2D eigenvalue weighted by atomic mass is 16.6. The average Bonchev–Trinajstić information content (AvgIpc) is 2.91. The molecule has 21 heavy (non-hydrogen) atoms. The maximum absolute atomic E-state index is 12.1.